The third-order valence-electron chi connectivity index (χ3n) is 7.40. The maximum Gasteiger partial charge on any atom is 0.410 e. The van der Waals surface area contributed by atoms with Gasteiger partial charge in [-0.25, -0.2) is 9.78 Å². The van der Waals surface area contributed by atoms with E-state index in [1.165, 1.54) is 10.9 Å². The van der Waals surface area contributed by atoms with E-state index in [1.807, 2.05) is 31.9 Å². The van der Waals surface area contributed by atoms with E-state index in [4.69, 9.17) is 19.2 Å². The number of nitrogens with zero attached hydrogens (tertiary/aromatic N) is 3. The number of nitrogens with one attached hydrogen (secondary N) is 1. The zero-order valence-electron chi connectivity index (χ0n) is 23.8. The lowest BCUT2D eigenvalue weighted by Crippen LogP contribution is -2.42. The summed E-state index contributed by atoms with van der Waals surface area (Å²) in [6.07, 6.45) is 6.78. The zero-order valence-corrected chi connectivity index (χ0v) is 24.8. The van der Waals surface area contributed by atoms with Gasteiger partial charge < -0.3 is 29.0 Å². The average molecular weight is 531 g/mol. The fourth-order valence-corrected chi connectivity index (χ4v) is 5.99. The molecule has 0 radical (unpaired) electrons. The van der Waals surface area contributed by atoms with Crippen LogP contribution in [0.5, 0.6) is 0 Å². The largest absolute Gasteiger partial charge is 0.444 e. The summed E-state index contributed by atoms with van der Waals surface area (Å²) >= 11 is 0. The molecule has 2 atom stereocenters. The molecule has 9 heteroatoms. The number of pyridine rings is 1. The predicted molar refractivity (Wildman–Crippen MR) is 151 cm³/mol. The van der Waals surface area contributed by atoms with Crippen LogP contribution in [0.15, 0.2) is 18.5 Å². The number of amides is 1. The number of aromatic nitrogens is 2. The van der Waals surface area contributed by atoms with Crippen LogP contribution in [0, 0.1) is 0 Å². The minimum atomic E-state index is -1.15. The number of carbonyl (C=O) groups excluding carboxylic acids is 1. The summed E-state index contributed by atoms with van der Waals surface area (Å²) in [5.74, 6) is 0.434. The van der Waals surface area contributed by atoms with Crippen LogP contribution in [0.25, 0.3) is 11.0 Å². The van der Waals surface area contributed by atoms with E-state index < -0.39 is 13.7 Å². The molecule has 0 saturated carbocycles. The monoisotopic (exact) mass is 530 g/mol. The smallest absolute Gasteiger partial charge is 0.410 e. The molecule has 0 aliphatic carbocycles. The molecule has 1 amide bonds. The van der Waals surface area contributed by atoms with E-state index in [1.54, 1.807) is 0 Å². The van der Waals surface area contributed by atoms with Crippen LogP contribution in [0.2, 0.25) is 25.7 Å². The normalized spacial score (nSPS) is 21.5. The van der Waals surface area contributed by atoms with Crippen molar-refractivity contribution < 1.29 is 19.0 Å². The van der Waals surface area contributed by atoms with Gasteiger partial charge in [-0.1, -0.05) is 19.6 Å². The van der Waals surface area contributed by atoms with Gasteiger partial charge in [0.05, 0.1) is 6.04 Å². The number of fused-ring (bicyclic) bond motifs is 1. The molecule has 4 rings (SSSR count). The van der Waals surface area contributed by atoms with Gasteiger partial charge in [-0.15, -0.1) is 0 Å². The number of likely N-dealkylation sites (tertiary alicyclic amines) is 1. The molecule has 206 valence electrons. The molecule has 2 aromatic rings. The van der Waals surface area contributed by atoms with E-state index in [9.17, 15) is 4.79 Å². The predicted octanol–water partition coefficient (Wildman–Crippen LogP) is 6.05. The maximum atomic E-state index is 12.8. The van der Waals surface area contributed by atoms with E-state index in [0.29, 0.717) is 19.2 Å². The summed E-state index contributed by atoms with van der Waals surface area (Å²) in [6.45, 7) is 18.5. The summed E-state index contributed by atoms with van der Waals surface area (Å²) in [6, 6.07) is 3.38. The highest BCUT2D eigenvalue weighted by molar-refractivity contribution is 6.76. The Labute approximate surface area is 223 Å². The SMILES string of the molecule is C[C@@H]1[C@H](Nc2ccnc3c2c(C2CCOCC2)cn3COCC[Si](C)(C)C)CCN1C(=O)OC(C)(C)C. The molecule has 4 heterocycles. The van der Waals surface area contributed by atoms with E-state index in [-0.39, 0.29) is 18.2 Å². The highest BCUT2D eigenvalue weighted by atomic mass is 28.3. The Kier molecular flexibility index (Phi) is 8.55. The first-order valence-corrected chi connectivity index (χ1v) is 17.5. The number of hydrogen-bond donors (Lipinski definition) is 1. The van der Waals surface area contributed by atoms with Crippen LogP contribution in [0.3, 0.4) is 0 Å². The first-order chi connectivity index (χ1) is 17.4. The van der Waals surface area contributed by atoms with Crippen molar-refractivity contribution >= 4 is 30.9 Å². The second kappa shape index (κ2) is 11.3. The van der Waals surface area contributed by atoms with Gasteiger partial charge in [0, 0.05) is 63.9 Å². The quantitative estimate of drug-likeness (QED) is 0.331. The van der Waals surface area contributed by atoms with Gasteiger partial charge in [0.2, 0.25) is 0 Å². The Hall–Kier alpha value is -2.10. The molecular weight excluding hydrogens is 484 g/mol. The van der Waals surface area contributed by atoms with Crippen molar-refractivity contribution in [2.45, 2.75) is 103 Å². The molecule has 2 saturated heterocycles. The maximum absolute atomic E-state index is 12.8. The summed E-state index contributed by atoms with van der Waals surface area (Å²) in [7, 11) is -1.15. The fraction of sp³-hybridized carbons (Fsp3) is 0.714. The van der Waals surface area contributed by atoms with Gasteiger partial charge in [0.15, 0.2) is 0 Å². The lowest BCUT2D eigenvalue weighted by atomic mass is 9.91. The van der Waals surface area contributed by atoms with Crippen molar-refractivity contribution in [3.63, 3.8) is 0 Å². The third-order valence-corrected chi connectivity index (χ3v) is 9.10. The summed E-state index contributed by atoms with van der Waals surface area (Å²) in [4.78, 5) is 19.4. The Morgan fingerprint density at radius 2 is 1.95 bits per heavy atom. The molecule has 2 aliphatic rings. The topological polar surface area (TPSA) is 77.9 Å². The molecule has 8 nitrogen and oxygen atoms in total. The van der Waals surface area contributed by atoms with Gasteiger partial charge in [0.25, 0.3) is 0 Å². The van der Waals surface area contributed by atoms with Crippen molar-refractivity contribution in [1.29, 1.82) is 0 Å². The Bertz CT molecular complexity index is 1070. The Balaban J connectivity index is 1.57. The number of anilines is 1. The number of ether oxygens (including phenoxy) is 3. The first-order valence-electron chi connectivity index (χ1n) is 13.8. The lowest BCUT2D eigenvalue weighted by molar-refractivity contribution is 0.0236. The van der Waals surface area contributed by atoms with Gasteiger partial charge in [-0.3, -0.25) is 0 Å². The third kappa shape index (κ3) is 7.06. The van der Waals surface area contributed by atoms with Crippen molar-refractivity contribution in [3.8, 4) is 0 Å². The van der Waals surface area contributed by atoms with Crippen molar-refractivity contribution in [1.82, 2.24) is 14.5 Å². The molecule has 0 spiro atoms. The molecule has 2 fully saturated rings. The number of rotatable bonds is 8. The summed E-state index contributed by atoms with van der Waals surface area (Å²) < 4.78 is 19.6. The minimum absolute atomic E-state index is 0.0246. The van der Waals surface area contributed by atoms with Crippen LogP contribution in [-0.2, 0) is 20.9 Å². The van der Waals surface area contributed by atoms with Crippen LogP contribution in [0.4, 0.5) is 10.5 Å². The standard InChI is InChI=1S/C28H46N4O4Si/c1-20-23(9-13-32(20)27(33)36-28(2,3)4)30-24-8-12-29-26-25(24)22(21-10-14-34-15-11-21)18-31(26)19-35-16-17-37(5,6)7/h8,12,18,20-21,23H,9-11,13-17,19H2,1-7H3,(H,29,30)/t20-,23-/m1/s1. The minimum Gasteiger partial charge on any atom is -0.444 e. The van der Waals surface area contributed by atoms with Crippen LogP contribution >= 0.6 is 0 Å². The fourth-order valence-electron chi connectivity index (χ4n) is 5.24. The van der Waals surface area contributed by atoms with E-state index >= 15 is 0 Å². The molecule has 0 bridgehead atoms. The average Bonchev–Trinajstić information content (AvgIpc) is 3.37. The van der Waals surface area contributed by atoms with Crippen molar-refractivity contribution in [2.75, 3.05) is 31.7 Å². The molecule has 1 N–H and O–H groups in total. The van der Waals surface area contributed by atoms with Gasteiger partial charge >= 0.3 is 6.09 Å². The number of hydrogen-bond acceptors (Lipinski definition) is 6. The number of carbonyl (C=O) groups is 1. The molecule has 37 heavy (non-hydrogen) atoms. The van der Waals surface area contributed by atoms with E-state index in [2.05, 4.69) is 48.7 Å². The lowest BCUT2D eigenvalue weighted by Gasteiger charge is -2.29. The molecule has 2 aromatic heterocycles. The second-order valence-electron chi connectivity index (χ2n) is 12.8. The van der Waals surface area contributed by atoms with Gasteiger partial charge in [-0.2, -0.15) is 0 Å². The Morgan fingerprint density at radius 1 is 1.22 bits per heavy atom. The molecular formula is C28H46N4O4Si. The summed E-state index contributed by atoms with van der Waals surface area (Å²) in [5.41, 5.74) is 2.85. The van der Waals surface area contributed by atoms with Crippen LogP contribution in [-0.4, -0.2) is 72.7 Å². The second-order valence-corrected chi connectivity index (χ2v) is 18.4. The van der Waals surface area contributed by atoms with Crippen LogP contribution < -0.4 is 5.32 Å². The van der Waals surface area contributed by atoms with Crippen LogP contribution in [0.1, 0.15) is 58.4 Å². The Morgan fingerprint density at radius 3 is 2.62 bits per heavy atom. The van der Waals surface area contributed by atoms with Crippen molar-refractivity contribution in [3.05, 3.63) is 24.0 Å². The summed E-state index contributed by atoms with van der Waals surface area (Å²) in [5, 5.41) is 4.96. The molecule has 0 unspecified atom stereocenters. The van der Waals surface area contributed by atoms with Gasteiger partial charge in [0.1, 0.15) is 18.0 Å². The highest BCUT2D eigenvalue weighted by Gasteiger charge is 2.37. The molecule has 2 aliphatic heterocycles. The van der Waals surface area contributed by atoms with Crippen molar-refractivity contribution in [2.24, 2.45) is 0 Å². The van der Waals surface area contributed by atoms with Gasteiger partial charge in [-0.05, 0) is 70.5 Å². The van der Waals surface area contributed by atoms with E-state index in [0.717, 1.165) is 56.5 Å². The first kappa shape index (κ1) is 27.9. The molecule has 0 aromatic carbocycles. The zero-order chi connectivity index (χ0) is 26.8. The highest BCUT2D eigenvalue weighted by Crippen LogP contribution is 2.38.